The minimum atomic E-state index is -1.35. The Hall–Kier alpha value is -0.830. The van der Waals surface area contributed by atoms with Gasteiger partial charge >= 0.3 is 5.97 Å². The van der Waals surface area contributed by atoms with Crippen molar-refractivity contribution in [3.8, 4) is 0 Å². The molecule has 1 aliphatic carbocycles. The first-order valence-corrected chi connectivity index (χ1v) is 5.57. The predicted molar refractivity (Wildman–Crippen MR) is 58.4 cm³/mol. The van der Waals surface area contributed by atoms with Gasteiger partial charge in [0.1, 0.15) is 0 Å². The molecular weight excluding hydrogens is 192 g/mol. The average molecular weight is 212 g/mol. The SMILES string of the molecule is C=CCC(O)(C(=O)OC)C1CCCCC1. The highest BCUT2D eigenvalue weighted by Gasteiger charge is 2.43. The van der Waals surface area contributed by atoms with Crippen LogP contribution in [0.1, 0.15) is 38.5 Å². The lowest BCUT2D eigenvalue weighted by Crippen LogP contribution is -2.47. The molecule has 1 fully saturated rings. The summed E-state index contributed by atoms with van der Waals surface area (Å²) in [5.41, 5.74) is -1.35. The molecule has 0 saturated heterocycles. The summed E-state index contributed by atoms with van der Waals surface area (Å²) < 4.78 is 4.68. The van der Waals surface area contributed by atoms with Gasteiger partial charge in [-0.25, -0.2) is 4.79 Å². The third-order valence-corrected chi connectivity index (χ3v) is 3.27. The molecule has 0 aliphatic heterocycles. The summed E-state index contributed by atoms with van der Waals surface area (Å²) in [6.07, 6.45) is 7.04. The van der Waals surface area contributed by atoms with Gasteiger partial charge in [-0.2, -0.15) is 0 Å². The van der Waals surface area contributed by atoms with Crippen LogP contribution in [0, 0.1) is 5.92 Å². The van der Waals surface area contributed by atoms with E-state index in [9.17, 15) is 9.90 Å². The van der Waals surface area contributed by atoms with E-state index in [1.54, 1.807) is 6.08 Å². The van der Waals surface area contributed by atoms with E-state index in [0.717, 1.165) is 25.7 Å². The zero-order valence-corrected chi connectivity index (χ0v) is 9.37. The molecule has 3 heteroatoms. The number of hydrogen-bond donors (Lipinski definition) is 1. The van der Waals surface area contributed by atoms with Crippen molar-refractivity contribution < 1.29 is 14.6 Å². The Morgan fingerprint density at radius 1 is 1.53 bits per heavy atom. The number of rotatable bonds is 4. The van der Waals surface area contributed by atoms with Gasteiger partial charge < -0.3 is 9.84 Å². The summed E-state index contributed by atoms with van der Waals surface area (Å²) >= 11 is 0. The summed E-state index contributed by atoms with van der Waals surface area (Å²) in [7, 11) is 1.32. The molecule has 15 heavy (non-hydrogen) atoms. The first kappa shape index (κ1) is 12.2. The monoisotopic (exact) mass is 212 g/mol. The van der Waals surface area contributed by atoms with E-state index in [4.69, 9.17) is 0 Å². The quantitative estimate of drug-likeness (QED) is 0.573. The summed E-state index contributed by atoms with van der Waals surface area (Å²) in [6, 6.07) is 0. The first-order chi connectivity index (χ1) is 7.15. The highest BCUT2D eigenvalue weighted by atomic mass is 16.5. The third-order valence-electron chi connectivity index (χ3n) is 3.27. The van der Waals surface area contributed by atoms with Crippen molar-refractivity contribution in [1.82, 2.24) is 0 Å². The van der Waals surface area contributed by atoms with Crippen LogP contribution in [-0.4, -0.2) is 23.8 Å². The molecule has 1 rings (SSSR count). The Bertz CT molecular complexity index is 231. The number of esters is 1. The van der Waals surface area contributed by atoms with Crippen LogP contribution in [0.3, 0.4) is 0 Å². The van der Waals surface area contributed by atoms with Gasteiger partial charge in [-0.15, -0.1) is 6.58 Å². The minimum Gasteiger partial charge on any atom is -0.467 e. The maximum atomic E-state index is 11.6. The molecule has 1 unspecified atom stereocenters. The molecule has 0 spiro atoms. The van der Waals surface area contributed by atoms with E-state index in [2.05, 4.69) is 11.3 Å². The van der Waals surface area contributed by atoms with E-state index >= 15 is 0 Å². The van der Waals surface area contributed by atoms with E-state index in [0.29, 0.717) is 0 Å². The van der Waals surface area contributed by atoms with E-state index in [-0.39, 0.29) is 12.3 Å². The van der Waals surface area contributed by atoms with Crippen molar-refractivity contribution in [1.29, 1.82) is 0 Å². The van der Waals surface area contributed by atoms with Gasteiger partial charge in [0.15, 0.2) is 5.60 Å². The zero-order valence-electron chi connectivity index (χ0n) is 9.37. The van der Waals surface area contributed by atoms with Gasteiger partial charge in [0.05, 0.1) is 7.11 Å². The second kappa shape index (κ2) is 5.31. The molecule has 1 aliphatic rings. The highest BCUT2D eigenvalue weighted by molar-refractivity contribution is 5.79. The number of ether oxygens (including phenoxy) is 1. The summed E-state index contributed by atoms with van der Waals surface area (Å²) in [6.45, 7) is 3.59. The second-order valence-corrected chi connectivity index (χ2v) is 4.24. The smallest absolute Gasteiger partial charge is 0.338 e. The molecule has 0 amide bonds. The van der Waals surface area contributed by atoms with Gasteiger partial charge in [0, 0.05) is 6.42 Å². The van der Waals surface area contributed by atoms with Crippen molar-refractivity contribution in [2.75, 3.05) is 7.11 Å². The standard InChI is InChI=1S/C12H20O3/c1-3-9-12(14,11(13)15-2)10-7-5-4-6-8-10/h3,10,14H,1,4-9H2,2H3. The van der Waals surface area contributed by atoms with E-state index < -0.39 is 11.6 Å². The van der Waals surface area contributed by atoms with E-state index in [1.165, 1.54) is 13.5 Å². The number of aliphatic hydroxyl groups is 1. The highest BCUT2D eigenvalue weighted by Crippen LogP contribution is 2.35. The van der Waals surface area contributed by atoms with Crippen LogP contribution >= 0.6 is 0 Å². The summed E-state index contributed by atoms with van der Waals surface area (Å²) in [5, 5.41) is 10.4. The minimum absolute atomic E-state index is 0.0247. The fourth-order valence-corrected chi connectivity index (χ4v) is 2.39. The molecule has 0 aromatic heterocycles. The van der Waals surface area contributed by atoms with Gasteiger partial charge in [-0.1, -0.05) is 25.3 Å². The Kier molecular flexibility index (Phi) is 4.33. The van der Waals surface area contributed by atoms with Crippen molar-refractivity contribution in [2.24, 2.45) is 5.92 Å². The lowest BCUT2D eigenvalue weighted by Gasteiger charge is -2.35. The maximum Gasteiger partial charge on any atom is 0.338 e. The van der Waals surface area contributed by atoms with E-state index in [1.807, 2.05) is 0 Å². The average Bonchev–Trinajstić information content (AvgIpc) is 2.29. The Morgan fingerprint density at radius 3 is 2.60 bits per heavy atom. The Morgan fingerprint density at radius 2 is 2.13 bits per heavy atom. The predicted octanol–water partition coefficient (Wildman–Crippen LogP) is 2.05. The largest absolute Gasteiger partial charge is 0.467 e. The fraction of sp³-hybridized carbons (Fsp3) is 0.750. The lowest BCUT2D eigenvalue weighted by molar-refractivity contribution is -0.170. The summed E-state index contributed by atoms with van der Waals surface area (Å²) in [4.78, 5) is 11.6. The lowest BCUT2D eigenvalue weighted by atomic mass is 9.75. The number of methoxy groups -OCH3 is 1. The molecule has 0 aromatic rings. The van der Waals surface area contributed by atoms with Gasteiger partial charge in [0.2, 0.25) is 0 Å². The molecule has 3 nitrogen and oxygen atoms in total. The Balaban J connectivity index is 2.77. The van der Waals surface area contributed by atoms with Crippen LogP contribution in [0.15, 0.2) is 12.7 Å². The molecule has 86 valence electrons. The van der Waals surface area contributed by atoms with Crippen LogP contribution in [0.2, 0.25) is 0 Å². The normalized spacial score (nSPS) is 21.7. The maximum absolute atomic E-state index is 11.6. The molecule has 1 saturated carbocycles. The molecule has 0 aromatic carbocycles. The number of carbonyl (C=O) groups excluding carboxylic acids is 1. The van der Waals surface area contributed by atoms with Gasteiger partial charge in [0.25, 0.3) is 0 Å². The first-order valence-electron chi connectivity index (χ1n) is 5.57. The van der Waals surface area contributed by atoms with Crippen LogP contribution in [0.5, 0.6) is 0 Å². The Labute approximate surface area is 91.1 Å². The van der Waals surface area contributed by atoms with Crippen molar-refractivity contribution in [3.63, 3.8) is 0 Å². The second-order valence-electron chi connectivity index (χ2n) is 4.24. The molecule has 0 heterocycles. The molecule has 0 bridgehead atoms. The third kappa shape index (κ3) is 2.59. The van der Waals surface area contributed by atoms with Crippen LogP contribution in [-0.2, 0) is 9.53 Å². The fourth-order valence-electron chi connectivity index (χ4n) is 2.39. The van der Waals surface area contributed by atoms with Gasteiger partial charge in [-0.3, -0.25) is 0 Å². The van der Waals surface area contributed by atoms with Gasteiger partial charge in [-0.05, 0) is 18.8 Å². The van der Waals surface area contributed by atoms with Crippen LogP contribution in [0.25, 0.3) is 0 Å². The number of hydrogen-bond acceptors (Lipinski definition) is 3. The zero-order chi connectivity index (χ0) is 11.3. The van der Waals surface area contributed by atoms with Crippen molar-refractivity contribution in [3.05, 3.63) is 12.7 Å². The molecule has 1 atom stereocenters. The summed E-state index contributed by atoms with van der Waals surface area (Å²) in [5.74, 6) is -0.494. The van der Waals surface area contributed by atoms with Crippen LogP contribution < -0.4 is 0 Å². The topological polar surface area (TPSA) is 46.5 Å². The van der Waals surface area contributed by atoms with Crippen LogP contribution in [0.4, 0.5) is 0 Å². The molecule has 0 radical (unpaired) electrons. The van der Waals surface area contributed by atoms with Crippen molar-refractivity contribution in [2.45, 2.75) is 44.1 Å². The molecular formula is C12H20O3. The number of carbonyl (C=O) groups is 1. The molecule has 1 N–H and O–H groups in total. The van der Waals surface area contributed by atoms with Crippen molar-refractivity contribution >= 4 is 5.97 Å².